The molecule has 1 heterocycles. The Bertz CT molecular complexity index is 476. The quantitative estimate of drug-likeness (QED) is 0.866. The van der Waals surface area contributed by atoms with E-state index < -0.39 is 0 Å². The molecular weight excluding hydrogens is 312 g/mol. The molecule has 2 unspecified atom stereocenters. The molecule has 4 nitrogen and oxygen atoms in total. The summed E-state index contributed by atoms with van der Waals surface area (Å²) in [5.74, 6) is 1.58. The summed E-state index contributed by atoms with van der Waals surface area (Å²) in [6, 6.07) is 8.19. The second kappa shape index (κ2) is 9.78. The number of carbonyl (C=O) groups is 1. The van der Waals surface area contributed by atoms with Crippen molar-refractivity contribution in [3.63, 3.8) is 0 Å². The van der Waals surface area contributed by atoms with Crippen LogP contribution in [0.3, 0.4) is 0 Å². The molecule has 5 heteroatoms. The summed E-state index contributed by atoms with van der Waals surface area (Å²) in [7, 11) is 0. The Hall–Kier alpha value is -1.26. The number of nitrogens with two attached hydrogens (primary N) is 1. The Morgan fingerprint density at radius 3 is 2.70 bits per heavy atom. The van der Waals surface area contributed by atoms with Crippen molar-refractivity contribution in [2.45, 2.75) is 45.6 Å². The number of halogens is 1. The van der Waals surface area contributed by atoms with E-state index in [1.54, 1.807) is 0 Å². The van der Waals surface area contributed by atoms with Gasteiger partial charge in [0.05, 0.1) is 6.61 Å². The first-order valence-electron chi connectivity index (χ1n) is 8.35. The van der Waals surface area contributed by atoms with E-state index in [1.807, 2.05) is 43.0 Å². The van der Waals surface area contributed by atoms with E-state index in [1.165, 1.54) is 5.56 Å². The van der Waals surface area contributed by atoms with Crippen LogP contribution in [0.5, 0.6) is 5.75 Å². The molecule has 1 aromatic rings. The highest BCUT2D eigenvalue weighted by atomic mass is 35.5. The standard InChI is InChI=1S/C18H28N2O2.ClH/c1-3-22-17-9-6-15(7-10-17)8-11-18(21)20-12-4-5-16(13-20)14(2)19;/h6-7,9-10,14,16H,3-5,8,11-13,19H2,1-2H3;1H. The van der Waals surface area contributed by atoms with Gasteiger partial charge in [0, 0.05) is 25.6 Å². The molecule has 0 aliphatic carbocycles. The van der Waals surface area contributed by atoms with Crippen LogP contribution in [0.2, 0.25) is 0 Å². The molecule has 0 aromatic heterocycles. The topological polar surface area (TPSA) is 55.6 Å². The van der Waals surface area contributed by atoms with Crippen molar-refractivity contribution in [3.8, 4) is 5.75 Å². The minimum atomic E-state index is 0. The first kappa shape index (κ1) is 19.8. The minimum absolute atomic E-state index is 0. The minimum Gasteiger partial charge on any atom is -0.494 e. The highest BCUT2D eigenvalue weighted by Crippen LogP contribution is 2.20. The molecule has 2 N–H and O–H groups in total. The average Bonchev–Trinajstić information content (AvgIpc) is 2.54. The van der Waals surface area contributed by atoms with Gasteiger partial charge in [-0.3, -0.25) is 4.79 Å². The van der Waals surface area contributed by atoms with Gasteiger partial charge in [-0.15, -0.1) is 12.4 Å². The monoisotopic (exact) mass is 340 g/mol. The Kier molecular flexibility index (Phi) is 8.42. The maximum atomic E-state index is 12.4. The van der Waals surface area contributed by atoms with Crippen molar-refractivity contribution in [1.29, 1.82) is 0 Å². The Morgan fingerprint density at radius 1 is 1.39 bits per heavy atom. The number of piperidine rings is 1. The van der Waals surface area contributed by atoms with Crippen molar-refractivity contribution >= 4 is 18.3 Å². The zero-order valence-corrected chi connectivity index (χ0v) is 15.0. The van der Waals surface area contributed by atoms with E-state index in [-0.39, 0.29) is 24.4 Å². The number of amides is 1. The Morgan fingerprint density at radius 2 is 2.09 bits per heavy atom. The smallest absolute Gasteiger partial charge is 0.222 e. The lowest BCUT2D eigenvalue weighted by Gasteiger charge is -2.34. The number of aryl methyl sites for hydroxylation is 1. The van der Waals surface area contributed by atoms with Gasteiger partial charge in [-0.05, 0) is 56.7 Å². The maximum absolute atomic E-state index is 12.4. The maximum Gasteiger partial charge on any atom is 0.222 e. The van der Waals surface area contributed by atoms with Crippen molar-refractivity contribution < 1.29 is 9.53 Å². The van der Waals surface area contributed by atoms with Crippen molar-refractivity contribution in [2.75, 3.05) is 19.7 Å². The lowest BCUT2D eigenvalue weighted by atomic mass is 9.92. The molecule has 2 atom stereocenters. The average molecular weight is 341 g/mol. The predicted molar refractivity (Wildman–Crippen MR) is 96.1 cm³/mol. The fraction of sp³-hybridized carbons (Fsp3) is 0.611. The molecule has 1 aromatic carbocycles. The lowest BCUT2D eigenvalue weighted by Crippen LogP contribution is -2.45. The van der Waals surface area contributed by atoms with Crippen LogP contribution in [0, 0.1) is 5.92 Å². The molecule has 0 saturated carbocycles. The van der Waals surface area contributed by atoms with E-state index >= 15 is 0 Å². The van der Waals surface area contributed by atoms with E-state index in [0.717, 1.165) is 38.1 Å². The fourth-order valence-electron chi connectivity index (χ4n) is 2.99. The number of rotatable bonds is 6. The normalized spacial score (nSPS) is 18.9. The van der Waals surface area contributed by atoms with Gasteiger partial charge in [0.1, 0.15) is 5.75 Å². The van der Waals surface area contributed by atoms with Crippen LogP contribution in [0.25, 0.3) is 0 Å². The van der Waals surface area contributed by atoms with Gasteiger partial charge in [-0.1, -0.05) is 12.1 Å². The number of likely N-dealkylation sites (tertiary alicyclic amines) is 1. The predicted octanol–water partition coefficient (Wildman–Crippen LogP) is 3.03. The fourth-order valence-corrected chi connectivity index (χ4v) is 2.99. The van der Waals surface area contributed by atoms with Crippen LogP contribution in [0.4, 0.5) is 0 Å². The highest BCUT2D eigenvalue weighted by Gasteiger charge is 2.25. The third-order valence-electron chi connectivity index (χ3n) is 4.42. The number of benzene rings is 1. The molecule has 0 bridgehead atoms. The van der Waals surface area contributed by atoms with Crippen LogP contribution in [0.1, 0.15) is 38.7 Å². The van der Waals surface area contributed by atoms with Crippen LogP contribution < -0.4 is 10.5 Å². The van der Waals surface area contributed by atoms with E-state index in [0.29, 0.717) is 18.9 Å². The Labute approximate surface area is 145 Å². The molecule has 1 aliphatic heterocycles. The molecule has 0 radical (unpaired) electrons. The summed E-state index contributed by atoms with van der Waals surface area (Å²) in [5.41, 5.74) is 7.16. The highest BCUT2D eigenvalue weighted by molar-refractivity contribution is 5.85. The van der Waals surface area contributed by atoms with Gasteiger partial charge in [0.2, 0.25) is 5.91 Å². The van der Waals surface area contributed by atoms with Crippen molar-refractivity contribution in [2.24, 2.45) is 11.7 Å². The lowest BCUT2D eigenvalue weighted by molar-refractivity contribution is -0.133. The summed E-state index contributed by atoms with van der Waals surface area (Å²) < 4.78 is 5.43. The van der Waals surface area contributed by atoms with Gasteiger partial charge in [0.15, 0.2) is 0 Å². The second-order valence-corrected chi connectivity index (χ2v) is 6.18. The molecule has 2 rings (SSSR count). The van der Waals surface area contributed by atoms with E-state index in [9.17, 15) is 4.79 Å². The number of nitrogens with zero attached hydrogens (tertiary/aromatic N) is 1. The van der Waals surface area contributed by atoms with Gasteiger partial charge in [0.25, 0.3) is 0 Å². The van der Waals surface area contributed by atoms with Crippen LogP contribution >= 0.6 is 12.4 Å². The molecule has 1 fully saturated rings. The number of hydrogen-bond acceptors (Lipinski definition) is 3. The van der Waals surface area contributed by atoms with Crippen LogP contribution in [-0.4, -0.2) is 36.5 Å². The molecule has 0 spiro atoms. The third kappa shape index (κ3) is 6.04. The summed E-state index contributed by atoms with van der Waals surface area (Å²) in [5, 5.41) is 0. The summed E-state index contributed by atoms with van der Waals surface area (Å²) in [6.07, 6.45) is 3.56. The van der Waals surface area contributed by atoms with Gasteiger partial charge >= 0.3 is 0 Å². The first-order chi connectivity index (χ1) is 10.6. The van der Waals surface area contributed by atoms with Crippen LogP contribution in [0.15, 0.2) is 24.3 Å². The van der Waals surface area contributed by atoms with E-state index in [2.05, 4.69) is 0 Å². The number of carbonyl (C=O) groups excluding carboxylic acids is 1. The number of ether oxygens (including phenoxy) is 1. The molecule has 130 valence electrons. The third-order valence-corrected chi connectivity index (χ3v) is 4.42. The number of hydrogen-bond donors (Lipinski definition) is 1. The molecule has 1 saturated heterocycles. The zero-order chi connectivity index (χ0) is 15.9. The van der Waals surface area contributed by atoms with Crippen LogP contribution in [-0.2, 0) is 11.2 Å². The summed E-state index contributed by atoms with van der Waals surface area (Å²) >= 11 is 0. The van der Waals surface area contributed by atoms with Crippen molar-refractivity contribution in [1.82, 2.24) is 4.90 Å². The zero-order valence-electron chi connectivity index (χ0n) is 14.2. The molecular formula is C18H29ClN2O2. The van der Waals surface area contributed by atoms with Gasteiger partial charge in [-0.25, -0.2) is 0 Å². The molecule has 23 heavy (non-hydrogen) atoms. The summed E-state index contributed by atoms with van der Waals surface area (Å²) in [6.45, 7) is 6.39. The van der Waals surface area contributed by atoms with E-state index in [4.69, 9.17) is 10.5 Å². The largest absolute Gasteiger partial charge is 0.494 e. The first-order valence-corrected chi connectivity index (χ1v) is 8.35. The molecule has 1 aliphatic rings. The summed E-state index contributed by atoms with van der Waals surface area (Å²) in [4.78, 5) is 14.4. The van der Waals surface area contributed by atoms with Gasteiger partial charge < -0.3 is 15.4 Å². The van der Waals surface area contributed by atoms with Gasteiger partial charge in [-0.2, -0.15) is 0 Å². The van der Waals surface area contributed by atoms with Crippen molar-refractivity contribution in [3.05, 3.63) is 29.8 Å². The Balaban J connectivity index is 0.00000264. The molecule has 1 amide bonds. The second-order valence-electron chi connectivity index (χ2n) is 6.18. The SMILES string of the molecule is CCOc1ccc(CCC(=O)N2CCCC(C(C)N)C2)cc1.Cl.